The van der Waals surface area contributed by atoms with Crippen LogP contribution in [-0.2, 0) is 14.8 Å². The molecule has 0 aromatic heterocycles. The van der Waals surface area contributed by atoms with E-state index in [1.165, 1.54) is 31.1 Å². The molecule has 1 N–H and O–H groups in total. The van der Waals surface area contributed by atoms with Gasteiger partial charge in [-0.3, -0.25) is 4.79 Å². The Labute approximate surface area is 152 Å². The van der Waals surface area contributed by atoms with Crippen LogP contribution >= 0.6 is 11.6 Å². The lowest BCUT2D eigenvalue weighted by atomic mass is 10.2. The number of carbonyl (C=O) groups is 1. The summed E-state index contributed by atoms with van der Waals surface area (Å²) < 4.78 is 32.4. The normalized spacial score (nSPS) is 11.2. The average Bonchev–Trinajstić information content (AvgIpc) is 2.58. The number of halogens is 1. The maximum Gasteiger partial charge on any atom is 0.242 e. The molecule has 0 atom stereocenters. The summed E-state index contributed by atoms with van der Waals surface area (Å²) >= 11 is 5.94. The third-order valence-corrected chi connectivity index (χ3v) is 5.47. The van der Waals surface area contributed by atoms with Crippen LogP contribution in [0.15, 0.2) is 53.4 Å². The van der Waals surface area contributed by atoms with Gasteiger partial charge in [-0.15, -0.1) is 0 Å². The van der Waals surface area contributed by atoms with E-state index in [1.54, 1.807) is 36.4 Å². The summed E-state index contributed by atoms with van der Waals surface area (Å²) in [6, 6.07) is 13.2. The molecule has 0 radical (unpaired) electrons. The number of carbonyl (C=O) groups excluding carboxylic acids is 1. The van der Waals surface area contributed by atoms with E-state index in [0.717, 1.165) is 0 Å². The lowest BCUT2D eigenvalue weighted by Gasteiger charge is -2.23. The van der Waals surface area contributed by atoms with Gasteiger partial charge < -0.3 is 9.64 Å². The Kier molecular flexibility index (Phi) is 6.41. The van der Waals surface area contributed by atoms with Gasteiger partial charge in [0.2, 0.25) is 15.9 Å². The maximum absolute atomic E-state index is 12.3. The van der Waals surface area contributed by atoms with Crippen molar-refractivity contribution in [1.82, 2.24) is 4.72 Å². The van der Waals surface area contributed by atoms with Gasteiger partial charge in [0, 0.05) is 20.0 Å². The predicted molar refractivity (Wildman–Crippen MR) is 97.7 cm³/mol. The lowest BCUT2D eigenvalue weighted by molar-refractivity contribution is -0.116. The second-order valence-corrected chi connectivity index (χ2v) is 7.31. The topological polar surface area (TPSA) is 75.7 Å². The zero-order valence-corrected chi connectivity index (χ0v) is 15.5. The molecule has 0 aliphatic rings. The fourth-order valence-corrected chi connectivity index (χ4v) is 3.87. The number of benzene rings is 2. The van der Waals surface area contributed by atoms with Crippen LogP contribution < -0.4 is 14.4 Å². The van der Waals surface area contributed by atoms with Crippen molar-refractivity contribution in [1.29, 1.82) is 0 Å². The number of amides is 1. The number of anilines is 1. The molecule has 6 nitrogen and oxygen atoms in total. The Morgan fingerprint density at radius 3 is 2.44 bits per heavy atom. The Bertz CT molecular complexity index is 855. The van der Waals surface area contributed by atoms with Crippen LogP contribution in [0.4, 0.5) is 5.69 Å². The van der Waals surface area contributed by atoms with Gasteiger partial charge in [-0.1, -0.05) is 35.9 Å². The van der Waals surface area contributed by atoms with Crippen LogP contribution in [0.3, 0.4) is 0 Å². The molecule has 0 bridgehead atoms. The highest BCUT2D eigenvalue weighted by Crippen LogP contribution is 2.27. The van der Waals surface area contributed by atoms with E-state index < -0.39 is 10.0 Å². The number of hydrogen-bond acceptors (Lipinski definition) is 4. The van der Waals surface area contributed by atoms with Gasteiger partial charge in [0.05, 0.1) is 17.8 Å². The van der Waals surface area contributed by atoms with Crippen molar-refractivity contribution in [2.24, 2.45) is 0 Å². The Morgan fingerprint density at radius 1 is 1.16 bits per heavy atom. The van der Waals surface area contributed by atoms with Gasteiger partial charge in [-0.05, 0) is 24.3 Å². The third-order valence-electron chi connectivity index (χ3n) is 3.51. The second kappa shape index (κ2) is 8.33. The summed E-state index contributed by atoms with van der Waals surface area (Å²) in [5.41, 5.74) is 0.578. The summed E-state index contributed by atoms with van der Waals surface area (Å²) in [5, 5.41) is 0.142. The first-order chi connectivity index (χ1) is 11.9. The molecule has 0 spiro atoms. The Hall–Kier alpha value is -2.09. The SMILES string of the molecule is COc1ccccc1N(CCNS(=O)(=O)c1ccccc1Cl)C(C)=O. The molecule has 0 fully saturated rings. The smallest absolute Gasteiger partial charge is 0.242 e. The van der Waals surface area contributed by atoms with E-state index in [1.807, 2.05) is 0 Å². The minimum Gasteiger partial charge on any atom is -0.495 e. The summed E-state index contributed by atoms with van der Waals surface area (Å²) in [7, 11) is -2.25. The van der Waals surface area contributed by atoms with E-state index in [-0.39, 0.29) is 28.9 Å². The monoisotopic (exact) mass is 382 g/mol. The van der Waals surface area contributed by atoms with Gasteiger partial charge in [-0.2, -0.15) is 0 Å². The zero-order chi connectivity index (χ0) is 18.4. The van der Waals surface area contributed by atoms with Crippen molar-refractivity contribution < 1.29 is 17.9 Å². The molecule has 8 heteroatoms. The molecule has 25 heavy (non-hydrogen) atoms. The average molecular weight is 383 g/mol. The molecule has 0 unspecified atom stereocenters. The first-order valence-electron chi connectivity index (χ1n) is 7.52. The number of hydrogen-bond donors (Lipinski definition) is 1. The van der Waals surface area contributed by atoms with Gasteiger partial charge in [0.1, 0.15) is 10.6 Å². The van der Waals surface area contributed by atoms with Gasteiger partial charge in [-0.25, -0.2) is 13.1 Å². The van der Waals surface area contributed by atoms with Crippen molar-refractivity contribution in [3.05, 3.63) is 53.6 Å². The molecule has 134 valence electrons. The highest BCUT2D eigenvalue weighted by Gasteiger charge is 2.19. The van der Waals surface area contributed by atoms with Crippen molar-refractivity contribution >= 4 is 33.2 Å². The van der Waals surface area contributed by atoms with Crippen molar-refractivity contribution in [3.8, 4) is 5.75 Å². The zero-order valence-electron chi connectivity index (χ0n) is 13.9. The molecule has 2 aromatic rings. The molecular formula is C17H19ClN2O4S. The summed E-state index contributed by atoms with van der Waals surface area (Å²) in [6.07, 6.45) is 0. The maximum atomic E-state index is 12.3. The first-order valence-corrected chi connectivity index (χ1v) is 9.38. The standard InChI is InChI=1S/C17H19ClN2O4S/c1-13(21)20(15-8-4-5-9-16(15)24-2)12-11-19-25(22,23)17-10-6-3-7-14(17)18/h3-10,19H,11-12H2,1-2H3. The molecule has 0 saturated heterocycles. The van der Waals surface area contributed by atoms with E-state index in [4.69, 9.17) is 16.3 Å². The summed E-state index contributed by atoms with van der Waals surface area (Å²) in [4.78, 5) is 13.4. The lowest BCUT2D eigenvalue weighted by Crippen LogP contribution is -2.37. The molecule has 0 heterocycles. The van der Waals surface area contributed by atoms with Crippen molar-refractivity contribution in [2.75, 3.05) is 25.1 Å². The fourth-order valence-electron chi connectivity index (χ4n) is 2.33. The van der Waals surface area contributed by atoms with Crippen molar-refractivity contribution in [2.45, 2.75) is 11.8 Å². The highest BCUT2D eigenvalue weighted by atomic mass is 35.5. The van der Waals surface area contributed by atoms with Crippen LogP contribution in [0.5, 0.6) is 5.75 Å². The third kappa shape index (κ3) is 4.72. The minimum atomic E-state index is -3.76. The van der Waals surface area contributed by atoms with Crippen LogP contribution in [0.1, 0.15) is 6.92 Å². The minimum absolute atomic E-state index is 0.00309. The summed E-state index contributed by atoms with van der Waals surface area (Å²) in [6.45, 7) is 1.60. The number of methoxy groups -OCH3 is 1. The number of sulfonamides is 1. The molecule has 0 saturated carbocycles. The van der Waals surface area contributed by atoms with E-state index in [2.05, 4.69) is 4.72 Å². The summed E-state index contributed by atoms with van der Waals surface area (Å²) in [5.74, 6) is 0.313. The highest BCUT2D eigenvalue weighted by molar-refractivity contribution is 7.89. The number of rotatable bonds is 7. The number of nitrogens with zero attached hydrogens (tertiary/aromatic N) is 1. The van der Waals surface area contributed by atoms with Crippen LogP contribution in [0.2, 0.25) is 5.02 Å². The number of ether oxygens (including phenoxy) is 1. The molecule has 2 aromatic carbocycles. The number of para-hydroxylation sites is 2. The van der Waals surface area contributed by atoms with E-state index >= 15 is 0 Å². The van der Waals surface area contributed by atoms with Crippen molar-refractivity contribution in [3.63, 3.8) is 0 Å². The Morgan fingerprint density at radius 2 is 1.80 bits per heavy atom. The van der Waals surface area contributed by atoms with Gasteiger partial charge >= 0.3 is 0 Å². The molecule has 0 aliphatic carbocycles. The van der Waals surface area contributed by atoms with E-state index in [0.29, 0.717) is 11.4 Å². The largest absolute Gasteiger partial charge is 0.495 e. The van der Waals surface area contributed by atoms with Crippen LogP contribution in [-0.4, -0.2) is 34.5 Å². The Balaban J connectivity index is 2.13. The number of nitrogens with one attached hydrogen (secondary N) is 1. The fraction of sp³-hybridized carbons (Fsp3) is 0.235. The predicted octanol–water partition coefficient (Wildman–Crippen LogP) is 2.68. The quantitative estimate of drug-likeness (QED) is 0.798. The van der Waals surface area contributed by atoms with E-state index in [9.17, 15) is 13.2 Å². The van der Waals surface area contributed by atoms with Gasteiger partial charge in [0.25, 0.3) is 0 Å². The van der Waals surface area contributed by atoms with Crippen LogP contribution in [0, 0.1) is 0 Å². The first kappa shape index (κ1) is 19.2. The molecule has 1 amide bonds. The molecule has 0 aliphatic heterocycles. The second-order valence-electron chi connectivity index (χ2n) is 5.17. The molecule has 2 rings (SSSR count). The van der Waals surface area contributed by atoms with Crippen LogP contribution in [0.25, 0.3) is 0 Å². The van der Waals surface area contributed by atoms with Gasteiger partial charge in [0.15, 0.2) is 0 Å². The molecular weight excluding hydrogens is 364 g/mol.